The number of hydrogen-bond acceptors (Lipinski definition) is 8. The molecule has 1 aliphatic heterocycles. The van der Waals surface area contributed by atoms with Crippen LogP contribution in [0.3, 0.4) is 0 Å². The van der Waals surface area contributed by atoms with Crippen LogP contribution in [0, 0.1) is 0 Å². The van der Waals surface area contributed by atoms with Gasteiger partial charge >= 0.3 is 6.09 Å². The van der Waals surface area contributed by atoms with Crippen molar-refractivity contribution < 1.29 is 14.3 Å². The summed E-state index contributed by atoms with van der Waals surface area (Å²) in [6.07, 6.45) is 4.12. The number of aromatic nitrogens is 3. The number of rotatable bonds is 4. The first kappa shape index (κ1) is 21.3. The molecular weight excluding hydrogens is 386 g/mol. The van der Waals surface area contributed by atoms with Crippen molar-refractivity contribution in [2.75, 3.05) is 29.5 Å². The van der Waals surface area contributed by atoms with E-state index in [4.69, 9.17) is 10.5 Å². The molecule has 1 fully saturated rings. The van der Waals surface area contributed by atoms with Crippen molar-refractivity contribution in [2.24, 2.45) is 0 Å². The summed E-state index contributed by atoms with van der Waals surface area (Å²) in [6.45, 7) is 6.55. The molecule has 30 heavy (non-hydrogen) atoms. The largest absolute Gasteiger partial charge is 0.444 e. The molecule has 10 nitrogen and oxygen atoms in total. The van der Waals surface area contributed by atoms with Crippen molar-refractivity contribution in [2.45, 2.75) is 45.3 Å². The van der Waals surface area contributed by atoms with Crippen LogP contribution in [0.15, 0.2) is 30.7 Å². The van der Waals surface area contributed by atoms with Gasteiger partial charge in [0.15, 0.2) is 0 Å². The zero-order valence-electron chi connectivity index (χ0n) is 17.4. The summed E-state index contributed by atoms with van der Waals surface area (Å²) in [6, 6.07) is 5.08. The number of nitrogens with two attached hydrogens (primary N) is 1. The van der Waals surface area contributed by atoms with Crippen LogP contribution in [0.5, 0.6) is 0 Å². The van der Waals surface area contributed by atoms with Crippen molar-refractivity contribution in [1.29, 1.82) is 0 Å². The van der Waals surface area contributed by atoms with Gasteiger partial charge in [0.05, 0.1) is 0 Å². The minimum Gasteiger partial charge on any atom is -0.444 e. The Balaban J connectivity index is 1.73. The Morgan fingerprint density at radius 1 is 1.23 bits per heavy atom. The average molecular weight is 413 g/mol. The number of likely N-dealkylation sites (tertiary alicyclic amines) is 1. The first-order valence-electron chi connectivity index (χ1n) is 9.80. The Morgan fingerprint density at radius 3 is 2.73 bits per heavy atom. The number of piperidine rings is 1. The lowest BCUT2D eigenvalue weighted by molar-refractivity contribution is 0.0206. The maximum Gasteiger partial charge on any atom is 0.410 e. The van der Waals surface area contributed by atoms with E-state index in [1.54, 1.807) is 29.3 Å². The van der Waals surface area contributed by atoms with Crippen LogP contribution in [0.4, 0.5) is 22.2 Å². The molecule has 1 saturated heterocycles. The minimum absolute atomic E-state index is 0.0562. The maximum atomic E-state index is 12.8. The fourth-order valence-electron chi connectivity index (χ4n) is 3.13. The molecule has 160 valence electrons. The van der Waals surface area contributed by atoms with E-state index in [9.17, 15) is 9.59 Å². The summed E-state index contributed by atoms with van der Waals surface area (Å²) >= 11 is 0. The summed E-state index contributed by atoms with van der Waals surface area (Å²) in [5, 5.41) is 5.94. The van der Waals surface area contributed by atoms with E-state index in [0.717, 1.165) is 12.8 Å². The molecule has 0 aromatic carbocycles. The monoisotopic (exact) mass is 413 g/mol. The first-order chi connectivity index (χ1) is 14.2. The summed E-state index contributed by atoms with van der Waals surface area (Å²) < 4.78 is 5.47. The third-order valence-electron chi connectivity index (χ3n) is 4.42. The van der Waals surface area contributed by atoms with Crippen molar-refractivity contribution in [1.82, 2.24) is 19.9 Å². The molecule has 0 unspecified atom stereocenters. The van der Waals surface area contributed by atoms with Gasteiger partial charge in [0.1, 0.15) is 34.9 Å². The molecule has 0 aliphatic carbocycles. The van der Waals surface area contributed by atoms with E-state index < -0.39 is 11.5 Å². The third kappa shape index (κ3) is 5.56. The van der Waals surface area contributed by atoms with Crippen molar-refractivity contribution in [3.8, 4) is 0 Å². The van der Waals surface area contributed by atoms with Crippen molar-refractivity contribution >= 4 is 29.5 Å². The fraction of sp³-hybridized carbons (Fsp3) is 0.450. The Labute approximate surface area is 175 Å². The maximum absolute atomic E-state index is 12.8. The molecule has 10 heteroatoms. The van der Waals surface area contributed by atoms with Crippen LogP contribution in [0.1, 0.15) is 44.0 Å². The summed E-state index contributed by atoms with van der Waals surface area (Å²) in [5.41, 5.74) is 5.55. The molecule has 0 spiro atoms. The predicted octanol–water partition coefficient (Wildman–Crippen LogP) is 2.52. The second kappa shape index (κ2) is 8.93. The number of nitrogens with one attached hydrogen (secondary N) is 2. The SMILES string of the molecule is CC(C)(C)OC(=O)N1CCC[C@@H](Nc2ncnc(N)c2C(=O)Nc2ccccn2)C1. The van der Waals surface area contributed by atoms with Gasteiger partial charge in [-0.1, -0.05) is 6.07 Å². The zero-order chi connectivity index (χ0) is 21.7. The van der Waals surface area contributed by atoms with E-state index in [1.807, 2.05) is 20.8 Å². The van der Waals surface area contributed by atoms with Gasteiger partial charge in [-0.05, 0) is 45.7 Å². The molecule has 0 saturated carbocycles. The average Bonchev–Trinajstić information content (AvgIpc) is 2.67. The molecular formula is C20H27N7O3. The molecule has 2 aromatic rings. The van der Waals surface area contributed by atoms with Crippen molar-refractivity contribution in [3.63, 3.8) is 0 Å². The number of ether oxygens (including phenoxy) is 1. The smallest absolute Gasteiger partial charge is 0.410 e. The van der Waals surface area contributed by atoms with Crippen LogP contribution in [-0.2, 0) is 4.74 Å². The van der Waals surface area contributed by atoms with Gasteiger partial charge in [-0.3, -0.25) is 4.79 Å². The predicted molar refractivity (Wildman–Crippen MR) is 113 cm³/mol. The Hall–Kier alpha value is -3.43. The third-order valence-corrected chi connectivity index (χ3v) is 4.42. The van der Waals surface area contributed by atoms with Crippen LogP contribution in [0.25, 0.3) is 0 Å². The van der Waals surface area contributed by atoms with Crippen LogP contribution in [0.2, 0.25) is 0 Å². The molecule has 1 aliphatic rings. The van der Waals surface area contributed by atoms with Gasteiger partial charge in [-0.25, -0.2) is 19.7 Å². The molecule has 0 bridgehead atoms. The number of nitrogen functional groups attached to an aromatic ring is 1. The van der Waals surface area contributed by atoms with Gasteiger partial charge in [-0.15, -0.1) is 0 Å². The summed E-state index contributed by atoms with van der Waals surface area (Å²) in [4.78, 5) is 39.1. The number of nitrogens with zero attached hydrogens (tertiary/aromatic N) is 4. The molecule has 3 rings (SSSR count). The Bertz CT molecular complexity index is 899. The number of pyridine rings is 1. The lowest BCUT2D eigenvalue weighted by Crippen LogP contribution is -2.47. The van der Waals surface area contributed by atoms with Crippen LogP contribution < -0.4 is 16.4 Å². The van der Waals surface area contributed by atoms with Gasteiger partial charge in [-0.2, -0.15) is 0 Å². The molecule has 0 radical (unpaired) electrons. The molecule has 2 amide bonds. The lowest BCUT2D eigenvalue weighted by atomic mass is 10.1. The van der Waals surface area contributed by atoms with Gasteiger partial charge in [0, 0.05) is 25.3 Å². The highest BCUT2D eigenvalue weighted by molar-refractivity contribution is 6.10. The lowest BCUT2D eigenvalue weighted by Gasteiger charge is -2.34. The Kier molecular flexibility index (Phi) is 6.34. The summed E-state index contributed by atoms with van der Waals surface area (Å²) in [5.74, 6) is 0.298. The highest BCUT2D eigenvalue weighted by Crippen LogP contribution is 2.23. The van der Waals surface area contributed by atoms with E-state index >= 15 is 0 Å². The Morgan fingerprint density at radius 2 is 2.03 bits per heavy atom. The molecule has 1 atom stereocenters. The van der Waals surface area contributed by atoms with E-state index in [2.05, 4.69) is 25.6 Å². The number of hydrogen-bond donors (Lipinski definition) is 3. The number of anilines is 3. The second-order valence-electron chi connectivity index (χ2n) is 8.06. The van der Waals surface area contributed by atoms with Gasteiger partial charge in [0.2, 0.25) is 0 Å². The molecule has 4 N–H and O–H groups in total. The summed E-state index contributed by atoms with van der Waals surface area (Å²) in [7, 11) is 0. The normalized spacial score (nSPS) is 16.6. The minimum atomic E-state index is -0.560. The van der Waals surface area contributed by atoms with Crippen molar-refractivity contribution in [3.05, 3.63) is 36.3 Å². The molecule has 2 aromatic heterocycles. The zero-order valence-corrected chi connectivity index (χ0v) is 17.4. The topological polar surface area (TPSA) is 135 Å². The number of carbonyl (C=O) groups is 2. The van der Waals surface area contributed by atoms with Gasteiger partial charge < -0.3 is 26.0 Å². The highest BCUT2D eigenvalue weighted by Gasteiger charge is 2.29. The quantitative estimate of drug-likeness (QED) is 0.696. The number of amides is 2. The van der Waals surface area contributed by atoms with Crippen LogP contribution in [-0.4, -0.2) is 56.6 Å². The first-order valence-corrected chi connectivity index (χ1v) is 9.80. The fourth-order valence-corrected chi connectivity index (χ4v) is 3.13. The standard InChI is InChI=1S/C20H27N7O3/c1-20(2,3)30-19(29)27-10-6-7-13(11-27)25-17-15(16(21)23-12-24-17)18(28)26-14-8-4-5-9-22-14/h4-5,8-9,12-13H,6-7,10-11H2,1-3H3,(H,22,26,28)(H3,21,23,24,25)/t13-/m1/s1. The molecule has 3 heterocycles. The number of carbonyl (C=O) groups excluding carboxylic acids is 2. The van der Waals surface area contributed by atoms with E-state index in [-0.39, 0.29) is 23.5 Å². The van der Waals surface area contributed by atoms with Gasteiger partial charge in [0.25, 0.3) is 5.91 Å². The van der Waals surface area contributed by atoms with E-state index in [1.165, 1.54) is 6.33 Å². The van der Waals surface area contributed by atoms with E-state index in [0.29, 0.717) is 24.7 Å². The second-order valence-corrected chi connectivity index (χ2v) is 8.06. The van der Waals surface area contributed by atoms with Crippen LogP contribution >= 0.6 is 0 Å². The highest BCUT2D eigenvalue weighted by atomic mass is 16.6.